The molecule has 0 spiro atoms. The van der Waals surface area contributed by atoms with E-state index in [1.807, 2.05) is 0 Å². The van der Waals surface area contributed by atoms with E-state index in [-0.39, 0.29) is 18.3 Å². The summed E-state index contributed by atoms with van der Waals surface area (Å²) in [6.07, 6.45) is 11.3. The van der Waals surface area contributed by atoms with E-state index in [4.69, 9.17) is 0 Å². The van der Waals surface area contributed by atoms with Crippen LogP contribution in [0.1, 0.15) is 64.7 Å². The van der Waals surface area contributed by atoms with Crippen molar-refractivity contribution in [3.8, 4) is 0 Å². The monoisotopic (exact) mass is 343 g/mol. The maximum absolute atomic E-state index is 12.4. The Labute approximate surface area is 147 Å². The topological polar surface area (TPSA) is 44.4 Å². The predicted molar refractivity (Wildman–Crippen MR) is 97.0 cm³/mol. The number of carbonyl (C=O) groups is 1. The van der Waals surface area contributed by atoms with Crippen molar-refractivity contribution in [2.24, 2.45) is 5.92 Å². The quantitative estimate of drug-likeness (QED) is 0.828. The molecule has 3 rings (SSSR count). The summed E-state index contributed by atoms with van der Waals surface area (Å²) >= 11 is 0. The summed E-state index contributed by atoms with van der Waals surface area (Å²) in [5, 5.41) is 6.77. The van der Waals surface area contributed by atoms with Gasteiger partial charge in [-0.05, 0) is 52.0 Å². The van der Waals surface area contributed by atoms with Crippen LogP contribution in [0.2, 0.25) is 0 Å². The van der Waals surface area contributed by atoms with E-state index in [0.717, 1.165) is 38.3 Å². The van der Waals surface area contributed by atoms with E-state index >= 15 is 0 Å². The van der Waals surface area contributed by atoms with Gasteiger partial charge in [-0.2, -0.15) is 0 Å². The second-order valence-electron chi connectivity index (χ2n) is 7.69. The third-order valence-electron chi connectivity index (χ3n) is 5.96. The lowest BCUT2D eigenvalue weighted by molar-refractivity contribution is -0.127. The highest BCUT2D eigenvalue weighted by Crippen LogP contribution is 2.25. The Hall–Kier alpha value is -0.320. The maximum Gasteiger partial charge on any atom is 0.223 e. The summed E-state index contributed by atoms with van der Waals surface area (Å²) in [7, 11) is 0. The molecule has 0 aromatic rings. The fourth-order valence-electron chi connectivity index (χ4n) is 4.54. The molecule has 1 aliphatic carbocycles. The number of likely N-dealkylation sites (tertiary alicyclic amines) is 1. The van der Waals surface area contributed by atoms with Crippen LogP contribution < -0.4 is 10.6 Å². The third kappa shape index (κ3) is 5.33. The first-order valence-corrected chi connectivity index (χ1v) is 9.50. The smallest absolute Gasteiger partial charge is 0.223 e. The zero-order valence-electron chi connectivity index (χ0n) is 14.6. The number of halogens is 1. The molecule has 0 aromatic heterocycles. The van der Waals surface area contributed by atoms with Crippen molar-refractivity contribution < 1.29 is 4.79 Å². The molecule has 4 nitrogen and oxygen atoms in total. The van der Waals surface area contributed by atoms with E-state index < -0.39 is 0 Å². The minimum Gasteiger partial charge on any atom is -0.353 e. The molecular weight excluding hydrogens is 310 g/mol. The van der Waals surface area contributed by atoms with Gasteiger partial charge in [0, 0.05) is 37.1 Å². The number of nitrogens with one attached hydrogen (secondary N) is 2. The van der Waals surface area contributed by atoms with Gasteiger partial charge in [-0.25, -0.2) is 0 Å². The van der Waals surface area contributed by atoms with Gasteiger partial charge in [0.15, 0.2) is 0 Å². The van der Waals surface area contributed by atoms with Crippen molar-refractivity contribution in [3.63, 3.8) is 0 Å². The molecular formula is C18H34ClN3O. The van der Waals surface area contributed by atoms with E-state index in [9.17, 15) is 4.79 Å². The lowest BCUT2D eigenvalue weighted by Gasteiger charge is -2.40. The normalized spacial score (nSPS) is 31.3. The highest BCUT2D eigenvalue weighted by Gasteiger charge is 2.29. The molecule has 2 saturated heterocycles. The lowest BCUT2D eigenvalue weighted by Crippen LogP contribution is -2.50. The summed E-state index contributed by atoms with van der Waals surface area (Å²) in [4.78, 5) is 15.1. The molecule has 0 radical (unpaired) electrons. The predicted octanol–water partition coefficient (Wildman–Crippen LogP) is 2.71. The SMILES string of the molecule is C[C@H]1C[C@@H](C(=O)NC2CCN(C3CCCCC3)CC2)CCN1.Cl. The Morgan fingerprint density at radius 2 is 1.74 bits per heavy atom. The van der Waals surface area contributed by atoms with Gasteiger partial charge >= 0.3 is 0 Å². The third-order valence-corrected chi connectivity index (χ3v) is 5.96. The van der Waals surface area contributed by atoms with Crippen LogP contribution in [0.5, 0.6) is 0 Å². The summed E-state index contributed by atoms with van der Waals surface area (Å²) < 4.78 is 0. The van der Waals surface area contributed by atoms with Crippen molar-refractivity contribution in [1.82, 2.24) is 15.5 Å². The maximum atomic E-state index is 12.4. The molecule has 0 aromatic carbocycles. The standard InChI is InChI=1S/C18H33N3O.ClH/c1-14-13-15(7-10-19-14)18(22)20-16-8-11-21(12-9-16)17-5-3-2-4-6-17;/h14-17,19H,2-13H2,1H3,(H,20,22);1H/t14-,15-;/m0./s1. The number of nitrogens with zero attached hydrogens (tertiary/aromatic N) is 1. The molecule has 2 N–H and O–H groups in total. The minimum atomic E-state index is 0. The molecule has 3 aliphatic rings. The van der Waals surface area contributed by atoms with Crippen molar-refractivity contribution in [1.29, 1.82) is 0 Å². The van der Waals surface area contributed by atoms with E-state index in [1.54, 1.807) is 0 Å². The van der Waals surface area contributed by atoms with Gasteiger partial charge in [0.25, 0.3) is 0 Å². The summed E-state index contributed by atoms with van der Waals surface area (Å²) in [5.74, 6) is 0.539. The van der Waals surface area contributed by atoms with E-state index in [0.29, 0.717) is 18.0 Å². The first kappa shape index (κ1) is 19.0. The molecule has 5 heteroatoms. The Bertz CT molecular complexity index is 365. The van der Waals surface area contributed by atoms with Crippen LogP contribution in [-0.2, 0) is 4.79 Å². The number of carbonyl (C=O) groups excluding carboxylic acids is 1. The second-order valence-corrected chi connectivity index (χ2v) is 7.69. The molecule has 1 saturated carbocycles. The lowest BCUT2D eigenvalue weighted by atomic mass is 9.90. The first-order valence-electron chi connectivity index (χ1n) is 9.50. The van der Waals surface area contributed by atoms with Crippen molar-refractivity contribution in [3.05, 3.63) is 0 Å². The van der Waals surface area contributed by atoms with Gasteiger partial charge in [-0.1, -0.05) is 19.3 Å². The number of hydrogen-bond acceptors (Lipinski definition) is 3. The van der Waals surface area contributed by atoms with Crippen LogP contribution in [0.3, 0.4) is 0 Å². The molecule has 2 heterocycles. The fourth-order valence-corrected chi connectivity index (χ4v) is 4.54. The van der Waals surface area contributed by atoms with Gasteiger partial charge in [0.1, 0.15) is 0 Å². The summed E-state index contributed by atoms with van der Waals surface area (Å²) in [5.41, 5.74) is 0. The number of hydrogen-bond donors (Lipinski definition) is 2. The van der Waals surface area contributed by atoms with Gasteiger partial charge < -0.3 is 15.5 Å². The molecule has 0 bridgehead atoms. The van der Waals surface area contributed by atoms with E-state index in [1.165, 1.54) is 45.2 Å². The molecule has 1 amide bonds. The van der Waals surface area contributed by atoms with Crippen LogP contribution in [0.15, 0.2) is 0 Å². The van der Waals surface area contributed by atoms with Crippen LogP contribution in [0, 0.1) is 5.92 Å². The van der Waals surface area contributed by atoms with Gasteiger partial charge in [0.2, 0.25) is 5.91 Å². The molecule has 2 atom stereocenters. The summed E-state index contributed by atoms with van der Waals surface area (Å²) in [6, 6.07) is 1.73. The Morgan fingerprint density at radius 1 is 1.04 bits per heavy atom. The number of amides is 1. The number of rotatable bonds is 3. The minimum absolute atomic E-state index is 0. The number of piperidine rings is 2. The van der Waals surface area contributed by atoms with Crippen molar-refractivity contribution in [2.45, 2.75) is 82.8 Å². The second kappa shape index (κ2) is 9.24. The van der Waals surface area contributed by atoms with Crippen molar-refractivity contribution in [2.75, 3.05) is 19.6 Å². The Morgan fingerprint density at radius 3 is 2.39 bits per heavy atom. The zero-order chi connectivity index (χ0) is 15.4. The average molecular weight is 344 g/mol. The van der Waals surface area contributed by atoms with Gasteiger partial charge in [-0.15, -0.1) is 12.4 Å². The largest absolute Gasteiger partial charge is 0.353 e. The summed E-state index contributed by atoms with van der Waals surface area (Å²) in [6.45, 7) is 5.53. The molecule has 3 fully saturated rings. The average Bonchev–Trinajstić information content (AvgIpc) is 2.56. The van der Waals surface area contributed by atoms with E-state index in [2.05, 4.69) is 22.5 Å². The van der Waals surface area contributed by atoms with Crippen molar-refractivity contribution >= 4 is 18.3 Å². The molecule has 2 aliphatic heterocycles. The highest BCUT2D eigenvalue weighted by molar-refractivity contribution is 5.85. The molecule has 134 valence electrons. The van der Waals surface area contributed by atoms with Crippen LogP contribution in [-0.4, -0.2) is 48.6 Å². The Balaban J connectivity index is 0.00000192. The first-order chi connectivity index (χ1) is 10.7. The van der Waals surface area contributed by atoms with Crippen LogP contribution in [0.25, 0.3) is 0 Å². The van der Waals surface area contributed by atoms with Gasteiger partial charge in [0.05, 0.1) is 0 Å². The van der Waals surface area contributed by atoms with Crippen LogP contribution in [0.4, 0.5) is 0 Å². The molecule has 0 unspecified atom stereocenters. The fraction of sp³-hybridized carbons (Fsp3) is 0.944. The van der Waals surface area contributed by atoms with Gasteiger partial charge in [-0.3, -0.25) is 4.79 Å². The Kier molecular flexibility index (Phi) is 7.64. The molecule has 23 heavy (non-hydrogen) atoms. The zero-order valence-corrected chi connectivity index (χ0v) is 15.4. The van der Waals surface area contributed by atoms with Crippen LogP contribution >= 0.6 is 12.4 Å². The highest BCUT2D eigenvalue weighted by atomic mass is 35.5.